The highest BCUT2D eigenvalue weighted by molar-refractivity contribution is 5.76. The third-order valence-corrected chi connectivity index (χ3v) is 5.74. The Balaban J connectivity index is 1.50. The van der Waals surface area contributed by atoms with Crippen molar-refractivity contribution < 1.29 is 9.47 Å². The molecule has 4 heteroatoms. The lowest BCUT2D eigenvalue weighted by Gasteiger charge is -2.19. The van der Waals surface area contributed by atoms with E-state index in [4.69, 9.17) is 14.5 Å². The molecule has 0 spiro atoms. The second-order valence-corrected chi connectivity index (χ2v) is 8.14. The van der Waals surface area contributed by atoms with Gasteiger partial charge in [0.05, 0.1) is 17.6 Å². The molecule has 4 rings (SSSR count). The quantitative estimate of drug-likeness (QED) is 0.258. The van der Waals surface area contributed by atoms with Gasteiger partial charge in [0, 0.05) is 6.54 Å². The van der Waals surface area contributed by atoms with Crippen LogP contribution in [0.25, 0.3) is 11.0 Å². The fourth-order valence-electron chi connectivity index (χ4n) is 3.98. The summed E-state index contributed by atoms with van der Waals surface area (Å²) in [6.07, 6.45) is 2.67. The summed E-state index contributed by atoms with van der Waals surface area (Å²) in [6.45, 7) is 7.88. The molecular formula is C28H32N2O2. The van der Waals surface area contributed by atoms with Crippen molar-refractivity contribution in [2.45, 2.75) is 52.7 Å². The monoisotopic (exact) mass is 428 g/mol. The van der Waals surface area contributed by atoms with Crippen molar-refractivity contribution in [1.29, 1.82) is 0 Å². The van der Waals surface area contributed by atoms with Gasteiger partial charge in [0.2, 0.25) is 0 Å². The lowest BCUT2D eigenvalue weighted by Crippen LogP contribution is -2.15. The smallest absolute Gasteiger partial charge is 0.156 e. The van der Waals surface area contributed by atoms with E-state index < -0.39 is 0 Å². The maximum Gasteiger partial charge on any atom is 0.156 e. The Hall–Kier alpha value is -3.27. The van der Waals surface area contributed by atoms with Crippen LogP contribution < -0.4 is 9.47 Å². The largest absolute Gasteiger partial charge is 0.494 e. The third kappa shape index (κ3) is 5.13. The summed E-state index contributed by atoms with van der Waals surface area (Å²) in [5.74, 6) is 2.78. The normalized spacial score (nSPS) is 12.1. The molecule has 32 heavy (non-hydrogen) atoms. The van der Waals surface area contributed by atoms with Crippen LogP contribution in [0.15, 0.2) is 72.8 Å². The van der Waals surface area contributed by atoms with Crippen molar-refractivity contribution in [3.63, 3.8) is 0 Å². The van der Waals surface area contributed by atoms with Gasteiger partial charge in [0.1, 0.15) is 11.5 Å². The average Bonchev–Trinajstić information content (AvgIpc) is 3.19. The van der Waals surface area contributed by atoms with Crippen LogP contribution in [0.3, 0.4) is 0 Å². The van der Waals surface area contributed by atoms with E-state index in [1.807, 2.05) is 18.2 Å². The molecule has 4 aromatic rings. The van der Waals surface area contributed by atoms with Crippen LogP contribution in [0.2, 0.25) is 0 Å². The number of para-hydroxylation sites is 2. The van der Waals surface area contributed by atoms with Gasteiger partial charge in [-0.1, -0.05) is 50.2 Å². The summed E-state index contributed by atoms with van der Waals surface area (Å²) in [6, 6.07) is 24.9. The average molecular weight is 429 g/mol. The van der Waals surface area contributed by atoms with E-state index in [-0.39, 0.29) is 6.10 Å². The van der Waals surface area contributed by atoms with Crippen LogP contribution in [0.5, 0.6) is 11.5 Å². The molecule has 166 valence electrons. The third-order valence-electron chi connectivity index (χ3n) is 5.74. The van der Waals surface area contributed by atoms with Crippen molar-refractivity contribution in [3.8, 4) is 11.5 Å². The first kappa shape index (κ1) is 21.9. The molecule has 1 heterocycles. The summed E-state index contributed by atoms with van der Waals surface area (Å²) in [5, 5.41) is 0. The second kappa shape index (κ2) is 10.4. The first-order chi connectivity index (χ1) is 15.7. The maximum atomic E-state index is 6.38. The van der Waals surface area contributed by atoms with E-state index in [1.165, 1.54) is 11.1 Å². The van der Waals surface area contributed by atoms with Crippen molar-refractivity contribution in [2.75, 3.05) is 6.61 Å². The molecule has 1 aromatic heterocycles. The Labute approximate surface area is 190 Å². The van der Waals surface area contributed by atoms with E-state index in [0.29, 0.717) is 6.61 Å². The predicted octanol–water partition coefficient (Wildman–Crippen LogP) is 6.91. The molecule has 0 radical (unpaired) electrons. The number of aromatic nitrogens is 2. The summed E-state index contributed by atoms with van der Waals surface area (Å²) < 4.78 is 14.7. The molecule has 0 aliphatic heterocycles. The van der Waals surface area contributed by atoms with Crippen molar-refractivity contribution >= 4 is 11.0 Å². The van der Waals surface area contributed by atoms with E-state index in [0.717, 1.165) is 54.2 Å². The molecule has 0 saturated carbocycles. The minimum absolute atomic E-state index is 0.105. The highest BCUT2D eigenvalue weighted by Gasteiger charge is 2.20. The van der Waals surface area contributed by atoms with Gasteiger partial charge in [-0.2, -0.15) is 0 Å². The molecule has 0 aliphatic carbocycles. The van der Waals surface area contributed by atoms with Gasteiger partial charge < -0.3 is 14.0 Å². The minimum Gasteiger partial charge on any atom is -0.494 e. The Bertz CT molecular complexity index is 1150. The topological polar surface area (TPSA) is 36.3 Å². The van der Waals surface area contributed by atoms with Crippen LogP contribution >= 0.6 is 0 Å². The lowest BCUT2D eigenvalue weighted by molar-refractivity contribution is 0.185. The zero-order valence-corrected chi connectivity index (χ0v) is 19.3. The molecule has 0 amide bonds. The molecule has 0 aliphatic rings. The van der Waals surface area contributed by atoms with Gasteiger partial charge in [0.25, 0.3) is 0 Å². The molecule has 0 fully saturated rings. The minimum atomic E-state index is -0.105. The van der Waals surface area contributed by atoms with Gasteiger partial charge in [-0.3, -0.25) is 0 Å². The highest BCUT2D eigenvalue weighted by Crippen LogP contribution is 2.28. The number of hydrogen-bond donors (Lipinski definition) is 0. The summed E-state index contributed by atoms with van der Waals surface area (Å²) >= 11 is 0. The van der Waals surface area contributed by atoms with E-state index in [2.05, 4.69) is 79.9 Å². The Kier molecular flexibility index (Phi) is 7.10. The Morgan fingerprint density at radius 3 is 2.47 bits per heavy atom. The predicted molar refractivity (Wildman–Crippen MR) is 131 cm³/mol. The fraction of sp³-hybridized carbons (Fsp3) is 0.321. The summed E-state index contributed by atoms with van der Waals surface area (Å²) in [7, 11) is 0. The summed E-state index contributed by atoms with van der Waals surface area (Å²) in [5.41, 5.74) is 4.66. The molecule has 0 N–H and O–H groups in total. The first-order valence-corrected chi connectivity index (χ1v) is 11.6. The zero-order valence-electron chi connectivity index (χ0n) is 19.3. The van der Waals surface area contributed by atoms with Crippen molar-refractivity contribution in [1.82, 2.24) is 9.55 Å². The van der Waals surface area contributed by atoms with Gasteiger partial charge in [-0.15, -0.1) is 0 Å². The van der Waals surface area contributed by atoms with Gasteiger partial charge in [-0.25, -0.2) is 4.98 Å². The standard InChI is InChI=1S/C28H32N2O2/c1-4-22-14-16-23(17-15-22)31-19-9-18-30-26-13-7-6-12-25(26)29-28(30)27(5-2)32-24-11-8-10-21(3)20-24/h6-8,10-17,20,27H,4-5,9,18-19H2,1-3H3. The lowest BCUT2D eigenvalue weighted by atomic mass is 10.2. The van der Waals surface area contributed by atoms with Gasteiger partial charge >= 0.3 is 0 Å². The number of imidazole rings is 1. The van der Waals surface area contributed by atoms with Crippen LogP contribution in [0, 0.1) is 6.92 Å². The number of rotatable bonds is 10. The Morgan fingerprint density at radius 1 is 0.906 bits per heavy atom. The maximum absolute atomic E-state index is 6.38. The van der Waals surface area contributed by atoms with E-state index in [9.17, 15) is 0 Å². The van der Waals surface area contributed by atoms with E-state index >= 15 is 0 Å². The van der Waals surface area contributed by atoms with Crippen LogP contribution in [0.4, 0.5) is 0 Å². The molecule has 0 saturated heterocycles. The van der Waals surface area contributed by atoms with Crippen LogP contribution in [-0.4, -0.2) is 16.2 Å². The Morgan fingerprint density at radius 2 is 1.72 bits per heavy atom. The molecule has 4 nitrogen and oxygen atoms in total. The van der Waals surface area contributed by atoms with Crippen molar-refractivity contribution in [3.05, 3.63) is 89.7 Å². The molecule has 1 atom stereocenters. The molecule has 3 aromatic carbocycles. The van der Waals surface area contributed by atoms with E-state index in [1.54, 1.807) is 0 Å². The number of ether oxygens (including phenoxy) is 2. The zero-order chi connectivity index (χ0) is 22.3. The first-order valence-electron chi connectivity index (χ1n) is 11.6. The van der Waals surface area contributed by atoms with Gasteiger partial charge in [-0.05, 0) is 73.7 Å². The van der Waals surface area contributed by atoms with Gasteiger partial charge in [0.15, 0.2) is 11.9 Å². The molecular weight excluding hydrogens is 396 g/mol. The fourth-order valence-corrected chi connectivity index (χ4v) is 3.98. The number of aryl methyl sites for hydroxylation is 3. The number of hydrogen-bond acceptors (Lipinski definition) is 3. The summed E-state index contributed by atoms with van der Waals surface area (Å²) in [4.78, 5) is 4.96. The van der Waals surface area contributed by atoms with Crippen LogP contribution in [0.1, 0.15) is 49.7 Å². The SMILES string of the molecule is CCc1ccc(OCCCn2c(C(CC)Oc3cccc(C)c3)nc3ccccc32)cc1. The molecule has 1 unspecified atom stereocenters. The number of benzene rings is 3. The highest BCUT2D eigenvalue weighted by atomic mass is 16.5. The number of nitrogens with zero attached hydrogens (tertiary/aromatic N) is 2. The molecule has 0 bridgehead atoms. The van der Waals surface area contributed by atoms with Crippen molar-refractivity contribution in [2.24, 2.45) is 0 Å². The van der Waals surface area contributed by atoms with Crippen LogP contribution in [-0.2, 0) is 13.0 Å². The number of fused-ring (bicyclic) bond motifs is 1. The second-order valence-electron chi connectivity index (χ2n) is 8.14.